The van der Waals surface area contributed by atoms with E-state index in [0.717, 1.165) is 12.8 Å². The molecule has 0 aromatic heterocycles. The molecular weight excluding hydrogens is 508 g/mol. The van der Waals surface area contributed by atoms with Crippen molar-refractivity contribution in [2.45, 2.75) is 35.3 Å². The van der Waals surface area contributed by atoms with Crippen molar-refractivity contribution in [3.63, 3.8) is 0 Å². The number of nitro benzene ring substituents is 1. The van der Waals surface area contributed by atoms with Gasteiger partial charge in [-0.05, 0) is 24.3 Å². The van der Waals surface area contributed by atoms with E-state index in [0.29, 0.717) is 5.69 Å². The van der Waals surface area contributed by atoms with Gasteiger partial charge in [0.05, 0.1) is 14.1 Å². The number of carbonyl (C=O) groups is 1. The highest BCUT2D eigenvalue weighted by atomic mass is 79.9. The van der Waals surface area contributed by atoms with E-state index in [-0.39, 0.29) is 31.0 Å². The van der Waals surface area contributed by atoms with Crippen LogP contribution in [0.15, 0.2) is 24.3 Å². The van der Waals surface area contributed by atoms with Gasteiger partial charge >= 0.3 is 0 Å². The van der Waals surface area contributed by atoms with Gasteiger partial charge in [0.2, 0.25) is 5.91 Å². The van der Waals surface area contributed by atoms with Gasteiger partial charge in [0.25, 0.3) is 5.69 Å². The van der Waals surface area contributed by atoms with E-state index in [1.807, 2.05) is 0 Å². The third-order valence-corrected chi connectivity index (χ3v) is 9.44. The van der Waals surface area contributed by atoms with Gasteiger partial charge in [0, 0.05) is 28.1 Å². The molecule has 0 spiro atoms. The summed E-state index contributed by atoms with van der Waals surface area (Å²) in [6, 6.07) is 6.06. The lowest BCUT2D eigenvalue weighted by molar-refractivity contribution is -0.384. The molecule has 3 unspecified atom stereocenters. The summed E-state index contributed by atoms with van der Waals surface area (Å²) >= 11 is 11.1. The van der Waals surface area contributed by atoms with E-state index in [4.69, 9.17) is 0 Å². The van der Waals surface area contributed by atoms with Crippen LogP contribution in [0.25, 0.3) is 0 Å². The topological polar surface area (TPSA) is 72.2 Å². The molecule has 130 valence electrons. The molecule has 1 aromatic carbocycles. The number of alkyl halides is 3. The third-order valence-electron chi connectivity index (χ3n) is 6.21. The molecule has 24 heavy (non-hydrogen) atoms. The van der Waals surface area contributed by atoms with E-state index in [9.17, 15) is 14.9 Å². The summed E-state index contributed by atoms with van der Waals surface area (Å²) in [5, 5.41) is 13.8. The molecule has 3 saturated carbocycles. The highest BCUT2D eigenvalue weighted by Gasteiger charge is 2.83. The van der Waals surface area contributed by atoms with E-state index in [1.54, 1.807) is 12.1 Å². The second-order valence-corrected chi connectivity index (χ2v) is 11.0. The number of benzene rings is 1. The predicted octanol–water partition coefficient (Wildman–Crippen LogP) is 5.22. The van der Waals surface area contributed by atoms with Crippen molar-refractivity contribution in [2.24, 2.45) is 16.2 Å². The lowest BCUT2D eigenvalue weighted by atomic mass is 9.43. The molecule has 1 aromatic rings. The Morgan fingerprint density at radius 3 is 2.54 bits per heavy atom. The van der Waals surface area contributed by atoms with E-state index >= 15 is 0 Å². The molecule has 5 nitrogen and oxygen atoms in total. The maximum atomic E-state index is 13.1. The van der Waals surface area contributed by atoms with Gasteiger partial charge < -0.3 is 5.32 Å². The highest BCUT2D eigenvalue weighted by Crippen LogP contribution is 2.82. The molecule has 1 amide bonds. The maximum Gasteiger partial charge on any atom is 0.271 e. The van der Waals surface area contributed by atoms with Crippen LogP contribution in [-0.4, -0.2) is 19.4 Å². The highest BCUT2D eigenvalue weighted by molar-refractivity contribution is 9.24. The Morgan fingerprint density at radius 1 is 1.38 bits per heavy atom. The van der Waals surface area contributed by atoms with E-state index < -0.39 is 10.3 Å². The van der Waals surface area contributed by atoms with Crippen molar-refractivity contribution < 1.29 is 9.72 Å². The lowest BCUT2D eigenvalue weighted by Crippen LogP contribution is -2.71. The summed E-state index contributed by atoms with van der Waals surface area (Å²) in [5.74, 6) is -0.0800. The first-order valence-corrected chi connectivity index (χ1v) is 10.3. The predicted molar refractivity (Wildman–Crippen MR) is 104 cm³/mol. The van der Waals surface area contributed by atoms with Crippen LogP contribution in [0.3, 0.4) is 0 Å². The average molecular weight is 525 g/mol. The number of carbonyl (C=O) groups excluding carboxylic acids is 1. The zero-order valence-corrected chi connectivity index (χ0v) is 17.9. The van der Waals surface area contributed by atoms with Crippen molar-refractivity contribution in [1.82, 2.24) is 0 Å². The summed E-state index contributed by atoms with van der Waals surface area (Å²) in [5.41, 5.74) is -0.367. The van der Waals surface area contributed by atoms with Crippen molar-refractivity contribution >= 4 is 65.1 Å². The van der Waals surface area contributed by atoms with Crippen LogP contribution in [0.2, 0.25) is 0 Å². The van der Waals surface area contributed by atoms with Gasteiger partial charge in [-0.1, -0.05) is 67.7 Å². The molecule has 0 saturated heterocycles. The fourth-order valence-corrected chi connectivity index (χ4v) is 9.55. The number of halogens is 3. The van der Waals surface area contributed by atoms with Gasteiger partial charge in [0.15, 0.2) is 0 Å². The summed E-state index contributed by atoms with van der Waals surface area (Å²) < 4.78 is 0.109. The minimum absolute atomic E-state index is 0.0321. The largest absolute Gasteiger partial charge is 0.325 e. The van der Waals surface area contributed by atoms with Crippen LogP contribution in [0.5, 0.6) is 0 Å². The fourth-order valence-electron chi connectivity index (χ4n) is 4.64. The molecule has 3 aliphatic carbocycles. The quantitative estimate of drug-likeness (QED) is 0.333. The zero-order chi connectivity index (χ0) is 17.9. The Labute approximate surface area is 165 Å². The first-order valence-electron chi connectivity index (χ1n) is 7.59. The number of anilines is 1. The van der Waals surface area contributed by atoms with Gasteiger partial charge in [-0.15, -0.1) is 0 Å². The van der Waals surface area contributed by atoms with Gasteiger partial charge in [0.1, 0.15) is 0 Å². The van der Waals surface area contributed by atoms with Gasteiger partial charge in [-0.25, -0.2) is 0 Å². The molecule has 4 rings (SSSR count). The zero-order valence-electron chi connectivity index (χ0n) is 13.2. The van der Waals surface area contributed by atoms with Crippen LogP contribution in [0.1, 0.15) is 26.7 Å². The maximum absolute atomic E-state index is 13.1. The molecule has 3 atom stereocenters. The first kappa shape index (κ1) is 18.3. The standard InChI is InChI=1S/C16H17Br3N2O3/c1-14(2)15(12(18)19)6-7-16(14,11(15)17)13(22)20-9-4-3-5-10(8-9)21(23)24/h3-5,8,11-12H,6-7H2,1-2H3,(H,20,22). The van der Waals surface area contributed by atoms with Crippen molar-refractivity contribution in [1.29, 1.82) is 0 Å². The van der Waals surface area contributed by atoms with Crippen molar-refractivity contribution in [3.05, 3.63) is 34.4 Å². The van der Waals surface area contributed by atoms with Crippen molar-refractivity contribution in [3.8, 4) is 0 Å². The van der Waals surface area contributed by atoms with Crippen LogP contribution < -0.4 is 5.32 Å². The Morgan fingerprint density at radius 2 is 2.04 bits per heavy atom. The van der Waals surface area contributed by atoms with Crippen LogP contribution >= 0.6 is 47.8 Å². The minimum atomic E-state index is -0.530. The number of fused-ring (bicyclic) bond motifs is 1. The molecule has 3 aliphatic rings. The Hall–Kier alpha value is -0.470. The number of rotatable bonds is 4. The first-order chi connectivity index (χ1) is 11.1. The molecule has 8 heteroatoms. The van der Waals surface area contributed by atoms with E-state index in [1.165, 1.54) is 12.1 Å². The molecule has 0 aliphatic heterocycles. The lowest BCUT2D eigenvalue weighted by Gasteiger charge is -2.66. The van der Waals surface area contributed by atoms with Crippen LogP contribution in [0, 0.1) is 26.4 Å². The molecule has 0 heterocycles. The number of non-ortho nitro benzene ring substituents is 1. The molecule has 3 fully saturated rings. The number of nitrogens with zero attached hydrogens (tertiary/aromatic N) is 1. The number of hydrogen-bond donors (Lipinski definition) is 1. The van der Waals surface area contributed by atoms with Gasteiger partial charge in [-0.2, -0.15) is 0 Å². The third kappa shape index (κ3) is 2.05. The average Bonchev–Trinajstić information content (AvgIpc) is 2.97. The molecule has 2 bridgehead atoms. The monoisotopic (exact) mass is 522 g/mol. The Kier molecular flexibility index (Phi) is 4.41. The van der Waals surface area contributed by atoms with Crippen LogP contribution in [-0.2, 0) is 4.79 Å². The number of nitrogens with one attached hydrogen (secondary N) is 1. The minimum Gasteiger partial charge on any atom is -0.325 e. The number of amides is 1. The number of hydrogen-bond acceptors (Lipinski definition) is 3. The molecule has 0 radical (unpaired) electrons. The second-order valence-electron chi connectivity index (χ2n) is 7.06. The van der Waals surface area contributed by atoms with Crippen LogP contribution in [0.4, 0.5) is 11.4 Å². The van der Waals surface area contributed by atoms with E-state index in [2.05, 4.69) is 67.0 Å². The Bertz CT molecular complexity index is 724. The Balaban J connectivity index is 1.89. The summed E-state index contributed by atoms with van der Waals surface area (Å²) in [7, 11) is 0. The SMILES string of the molecule is CC1(C)C2(C(=O)Nc3cccc([N+](=O)[O-])c3)CCC1(C(Br)Br)C2Br. The molecule has 1 N–H and O–H groups in total. The number of nitro groups is 1. The summed E-state index contributed by atoms with van der Waals surface area (Å²) in [6.45, 7) is 4.25. The summed E-state index contributed by atoms with van der Waals surface area (Å²) in [6.07, 6.45) is 1.71. The normalized spacial score (nSPS) is 33.2. The van der Waals surface area contributed by atoms with Crippen molar-refractivity contribution in [2.75, 3.05) is 5.32 Å². The fraction of sp³-hybridized carbons (Fsp3) is 0.562. The smallest absolute Gasteiger partial charge is 0.271 e. The van der Waals surface area contributed by atoms with Gasteiger partial charge in [-0.3, -0.25) is 14.9 Å². The second kappa shape index (κ2) is 5.77. The molecular formula is C16H17Br3N2O3. The summed E-state index contributed by atoms with van der Waals surface area (Å²) in [4.78, 5) is 23.6.